The van der Waals surface area contributed by atoms with Gasteiger partial charge in [-0.3, -0.25) is 14.9 Å². The first-order chi connectivity index (χ1) is 10.1. The highest BCUT2D eigenvalue weighted by Gasteiger charge is 2.18. The lowest BCUT2D eigenvalue weighted by atomic mass is 10.2. The zero-order valence-electron chi connectivity index (χ0n) is 10.7. The topological polar surface area (TPSA) is 84.6 Å². The lowest BCUT2D eigenvalue weighted by Crippen LogP contribution is -2.18. The third-order valence-corrected chi connectivity index (χ3v) is 3.07. The van der Waals surface area contributed by atoms with Gasteiger partial charge in [0.15, 0.2) is 0 Å². The largest absolute Gasteiger partial charge is 0.282 e. The SMILES string of the molecule is O=C(N/N=C/c1cccc(Br)c1)c1ccccc1[N+](=O)[O-]. The second-order valence-corrected chi connectivity index (χ2v) is 4.94. The number of amides is 1. The van der Waals surface area contributed by atoms with Crippen LogP contribution in [0.15, 0.2) is 58.1 Å². The van der Waals surface area contributed by atoms with Crippen LogP contribution >= 0.6 is 15.9 Å². The molecule has 1 amide bonds. The highest BCUT2D eigenvalue weighted by molar-refractivity contribution is 9.10. The zero-order chi connectivity index (χ0) is 15.2. The van der Waals surface area contributed by atoms with Crippen molar-refractivity contribution >= 4 is 33.7 Å². The van der Waals surface area contributed by atoms with E-state index in [9.17, 15) is 14.9 Å². The van der Waals surface area contributed by atoms with Gasteiger partial charge in [-0.25, -0.2) is 5.43 Å². The van der Waals surface area contributed by atoms with Crippen molar-refractivity contribution in [1.29, 1.82) is 0 Å². The fourth-order valence-electron chi connectivity index (χ4n) is 1.64. The van der Waals surface area contributed by atoms with E-state index in [1.807, 2.05) is 24.3 Å². The molecule has 21 heavy (non-hydrogen) atoms. The highest BCUT2D eigenvalue weighted by atomic mass is 79.9. The van der Waals surface area contributed by atoms with Crippen LogP contribution in [0.4, 0.5) is 5.69 Å². The van der Waals surface area contributed by atoms with E-state index in [4.69, 9.17) is 0 Å². The molecule has 6 nitrogen and oxygen atoms in total. The Morgan fingerprint density at radius 1 is 1.24 bits per heavy atom. The summed E-state index contributed by atoms with van der Waals surface area (Å²) >= 11 is 3.32. The van der Waals surface area contributed by atoms with Gasteiger partial charge >= 0.3 is 0 Å². The van der Waals surface area contributed by atoms with Gasteiger partial charge < -0.3 is 0 Å². The summed E-state index contributed by atoms with van der Waals surface area (Å²) in [6.45, 7) is 0. The molecule has 0 radical (unpaired) electrons. The number of benzene rings is 2. The van der Waals surface area contributed by atoms with Gasteiger partial charge in [0.1, 0.15) is 5.56 Å². The summed E-state index contributed by atoms with van der Waals surface area (Å²) in [5.74, 6) is -0.631. The van der Waals surface area contributed by atoms with Crippen molar-refractivity contribution in [2.24, 2.45) is 5.10 Å². The van der Waals surface area contributed by atoms with E-state index in [1.54, 1.807) is 6.07 Å². The number of para-hydroxylation sites is 1. The monoisotopic (exact) mass is 347 g/mol. The standard InChI is InChI=1S/C14H10BrN3O3/c15-11-5-3-4-10(8-11)9-16-17-14(19)12-6-1-2-7-13(12)18(20)21/h1-9H,(H,17,19)/b16-9+. The van der Waals surface area contributed by atoms with Gasteiger partial charge in [-0.2, -0.15) is 5.10 Å². The van der Waals surface area contributed by atoms with Crippen LogP contribution < -0.4 is 5.43 Å². The first-order valence-corrected chi connectivity index (χ1v) is 6.69. The van der Waals surface area contributed by atoms with Crippen LogP contribution in [0.5, 0.6) is 0 Å². The number of hydrazone groups is 1. The Morgan fingerprint density at radius 3 is 2.71 bits per heavy atom. The maximum atomic E-state index is 11.9. The molecule has 0 saturated heterocycles. The summed E-state index contributed by atoms with van der Waals surface area (Å²) in [5, 5.41) is 14.6. The predicted octanol–water partition coefficient (Wildman–Crippen LogP) is 3.12. The van der Waals surface area contributed by atoms with Crippen LogP contribution in [-0.4, -0.2) is 17.0 Å². The Balaban J connectivity index is 2.11. The number of nitro benzene ring substituents is 1. The molecule has 0 aromatic heterocycles. The molecule has 0 bridgehead atoms. The quantitative estimate of drug-likeness (QED) is 0.523. The third-order valence-electron chi connectivity index (χ3n) is 2.57. The van der Waals surface area contributed by atoms with Gasteiger partial charge in [-0.05, 0) is 23.8 Å². The molecular formula is C14H10BrN3O3. The Kier molecular flexibility index (Phi) is 4.78. The summed E-state index contributed by atoms with van der Waals surface area (Å²) in [7, 11) is 0. The van der Waals surface area contributed by atoms with Crippen molar-refractivity contribution in [2.75, 3.05) is 0 Å². The van der Waals surface area contributed by atoms with Crippen LogP contribution in [0.1, 0.15) is 15.9 Å². The van der Waals surface area contributed by atoms with Crippen molar-refractivity contribution < 1.29 is 9.72 Å². The minimum atomic E-state index is -0.631. The molecule has 2 aromatic rings. The molecule has 0 fully saturated rings. The average Bonchev–Trinajstić information content (AvgIpc) is 2.47. The van der Waals surface area contributed by atoms with Crippen molar-refractivity contribution in [3.05, 3.63) is 74.2 Å². The number of nitrogens with zero attached hydrogens (tertiary/aromatic N) is 2. The van der Waals surface area contributed by atoms with Gasteiger partial charge in [0.05, 0.1) is 11.1 Å². The fourth-order valence-corrected chi connectivity index (χ4v) is 2.05. The maximum Gasteiger partial charge on any atom is 0.282 e. The molecule has 0 spiro atoms. The number of carbonyl (C=O) groups excluding carboxylic acids is 1. The molecule has 0 saturated carbocycles. The maximum absolute atomic E-state index is 11.9. The molecule has 0 aliphatic heterocycles. The van der Waals surface area contributed by atoms with E-state index >= 15 is 0 Å². The van der Waals surface area contributed by atoms with E-state index in [-0.39, 0.29) is 11.3 Å². The minimum Gasteiger partial charge on any atom is -0.267 e. The number of hydrogen-bond acceptors (Lipinski definition) is 4. The van der Waals surface area contributed by atoms with Crippen molar-refractivity contribution in [1.82, 2.24) is 5.43 Å². The molecule has 0 atom stereocenters. The van der Waals surface area contributed by atoms with Crippen LogP contribution in [0.3, 0.4) is 0 Å². The zero-order valence-corrected chi connectivity index (χ0v) is 12.3. The van der Waals surface area contributed by atoms with Crippen molar-refractivity contribution in [2.45, 2.75) is 0 Å². The van der Waals surface area contributed by atoms with Gasteiger partial charge in [-0.1, -0.05) is 40.2 Å². The second kappa shape index (κ2) is 6.76. The predicted molar refractivity (Wildman–Crippen MR) is 82.3 cm³/mol. The number of nitrogens with one attached hydrogen (secondary N) is 1. The van der Waals surface area contributed by atoms with Crippen molar-refractivity contribution in [3.8, 4) is 0 Å². The number of carbonyl (C=O) groups is 1. The average molecular weight is 348 g/mol. The highest BCUT2D eigenvalue weighted by Crippen LogP contribution is 2.17. The molecular weight excluding hydrogens is 338 g/mol. The number of halogens is 1. The van der Waals surface area contributed by atoms with Crippen LogP contribution in [0.2, 0.25) is 0 Å². The van der Waals surface area contributed by atoms with Gasteiger partial charge in [0.25, 0.3) is 11.6 Å². The van der Waals surface area contributed by atoms with Crippen LogP contribution in [0.25, 0.3) is 0 Å². The Bertz CT molecular complexity index is 716. The molecule has 1 N–H and O–H groups in total. The number of nitro groups is 1. The van der Waals surface area contributed by atoms with E-state index in [0.717, 1.165) is 10.0 Å². The number of hydrogen-bond donors (Lipinski definition) is 1. The van der Waals surface area contributed by atoms with Crippen LogP contribution in [0, 0.1) is 10.1 Å². The normalized spacial score (nSPS) is 10.5. The lowest BCUT2D eigenvalue weighted by Gasteiger charge is -2.01. The van der Waals surface area contributed by atoms with E-state index < -0.39 is 10.8 Å². The van der Waals surface area contributed by atoms with Gasteiger partial charge in [-0.15, -0.1) is 0 Å². The van der Waals surface area contributed by atoms with Crippen LogP contribution in [-0.2, 0) is 0 Å². The molecule has 0 heterocycles. The molecule has 2 rings (SSSR count). The first-order valence-electron chi connectivity index (χ1n) is 5.90. The second-order valence-electron chi connectivity index (χ2n) is 4.03. The molecule has 0 aliphatic rings. The Morgan fingerprint density at radius 2 is 2.00 bits per heavy atom. The Hall–Kier alpha value is -2.54. The van der Waals surface area contributed by atoms with E-state index in [0.29, 0.717) is 0 Å². The Labute approximate surface area is 128 Å². The summed E-state index contributed by atoms with van der Waals surface area (Å²) < 4.78 is 0.886. The first kappa shape index (κ1) is 14.9. The smallest absolute Gasteiger partial charge is 0.267 e. The fraction of sp³-hybridized carbons (Fsp3) is 0. The van der Waals surface area contributed by atoms with Gasteiger partial charge in [0, 0.05) is 10.5 Å². The van der Waals surface area contributed by atoms with E-state index in [2.05, 4.69) is 26.5 Å². The van der Waals surface area contributed by atoms with E-state index in [1.165, 1.54) is 24.4 Å². The van der Waals surface area contributed by atoms with Gasteiger partial charge in [0.2, 0.25) is 0 Å². The summed E-state index contributed by atoms with van der Waals surface area (Å²) in [6.07, 6.45) is 1.46. The third kappa shape index (κ3) is 3.96. The molecule has 2 aromatic carbocycles. The minimum absolute atomic E-state index is 0.0334. The molecule has 0 aliphatic carbocycles. The summed E-state index contributed by atoms with van der Waals surface area (Å²) in [5.41, 5.74) is 2.77. The molecule has 7 heteroatoms. The number of rotatable bonds is 4. The van der Waals surface area contributed by atoms with Crippen molar-refractivity contribution in [3.63, 3.8) is 0 Å². The summed E-state index contributed by atoms with van der Waals surface area (Å²) in [6, 6.07) is 13.0. The molecule has 0 unspecified atom stereocenters. The lowest BCUT2D eigenvalue weighted by molar-refractivity contribution is -0.385. The summed E-state index contributed by atoms with van der Waals surface area (Å²) in [4.78, 5) is 22.1. The molecule has 106 valence electrons.